The van der Waals surface area contributed by atoms with Gasteiger partial charge in [-0.2, -0.15) is 0 Å². The number of hydrogen-bond donors (Lipinski definition) is 1. The second-order valence-electron chi connectivity index (χ2n) is 3.78. The molecule has 0 saturated carbocycles. The lowest BCUT2D eigenvalue weighted by molar-refractivity contribution is 0.184. The molecule has 1 rings (SSSR count). The van der Waals surface area contributed by atoms with Crippen LogP contribution in [0, 0.1) is 0 Å². The minimum absolute atomic E-state index is 0.576. The highest BCUT2D eigenvalue weighted by atomic mass is 16.5. The Morgan fingerprint density at radius 1 is 1.12 bits per heavy atom. The van der Waals surface area contributed by atoms with Gasteiger partial charge in [0.1, 0.15) is 0 Å². The highest BCUT2D eigenvalue weighted by Gasteiger charge is 2.11. The molecule has 0 radical (unpaired) electrons. The third-order valence-corrected chi connectivity index (χ3v) is 2.57. The van der Waals surface area contributed by atoms with Crippen molar-refractivity contribution in [2.24, 2.45) is 0 Å². The van der Waals surface area contributed by atoms with Crippen LogP contribution in [0.5, 0.6) is 11.5 Å². The Kier molecular flexibility index (Phi) is 5.80. The second kappa shape index (κ2) is 7.14. The highest BCUT2D eigenvalue weighted by Crippen LogP contribution is 2.33. The molecule has 1 aromatic carbocycles. The molecule has 1 aromatic rings. The Morgan fingerprint density at radius 2 is 1.88 bits per heavy atom. The van der Waals surface area contributed by atoms with Gasteiger partial charge in [0.05, 0.1) is 20.8 Å². The molecule has 0 unspecified atom stereocenters. The Bertz CT molecular complexity index is 353. The largest absolute Gasteiger partial charge is 0.493 e. The van der Waals surface area contributed by atoms with Crippen molar-refractivity contribution < 1.29 is 14.2 Å². The van der Waals surface area contributed by atoms with E-state index in [4.69, 9.17) is 14.2 Å². The summed E-state index contributed by atoms with van der Waals surface area (Å²) in [7, 11) is 6.93. The molecule has 0 atom stereocenters. The fourth-order valence-corrected chi connectivity index (χ4v) is 1.80. The molecule has 0 fully saturated rings. The van der Waals surface area contributed by atoms with Gasteiger partial charge in [-0.05, 0) is 43.3 Å². The predicted octanol–water partition coefficient (Wildman–Crippen LogP) is 1.61. The molecule has 4 heteroatoms. The maximum Gasteiger partial charge on any atom is 0.163 e. The minimum atomic E-state index is 0.576. The molecule has 1 N–H and O–H groups in total. The Morgan fingerprint density at radius 3 is 2.41 bits per heavy atom. The van der Waals surface area contributed by atoms with Gasteiger partial charge in [0, 0.05) is 7.11 Å². The maximum absolute atomic E-state index is 5.40. The summed E-state index contributed by atoms with van der Waals surface area (Å²) in [4.78, 5) is 0. The van der Waals surface area contributed by atoms with Crippen molar-refractivity contribution in [1.29, 1.82) is 0 Å². The number of rotatable bonds is 7. The van der Waals surface area contributed by atoms with Gasteiger partial charge < -0.3 is 19.5 Å². The molecule has 0 aliphatic heterocycles. The van der Waals surface area contributed by atoms with Crippen LogP contribution in [0.1, 0.15) is 11.1 Å². The molecule has 0 heterocycles. The van der Waals surface area contributed by atoms with E-state index in [9.17, 15) is 0 Å². The highest BCUT2D eigenvalue weighted by molar-refractivity contribution is 5.49. The average Bonchev–Trinajstić information content (AvgIpc) is 2.35. The first kappa shape index (κ1) is 13.8. The van der Waals surface area contributed by atoms with E-state index in [1.807, 2.05) is 13.1 Å². The van der Waals surface area contributed by atoms with E-state index in [2.05, 4.69) is 11.4 Å². The van der Waals surface area contributed by atoms with Crippen molar-refractivity contribution in [3.63, 3.8) is 0 Å². The molecule has 0 spiro atoms. The first-order valence-corrected chi connectivity index (χ1v) is 5.64. The molecule has 4 nitrogen and oxygen atoms in total. The van der Waals surface area contributed by atoms with Crippen LogP contribution in [0.4, 0.5) is 0 Å². The first-order chi connectivity index (χ1) is 8.26. The van der Waals surface area contributed by atoms with Gasteiger partial charge in [0.25, 0.3) is 0 Å². The molecule has 0 saturated heterocycles. The third kappa shape index (κ3) is 3.61. The van der Waals surface area contributed by atoms with Crippen LogP contribution in [0.2, 0.25) is 0 Å². The zero-order valence-corrected chi connectivity index (χ0v) is 11.0. The van der Waals surface area contributed by atoms with Crippen molar-refractivity contribution in [3.05, 3.63) is 23.3 Å². The summed E-state index contributed by atoms with van der Waals surface area (Å²) in [5.74, 6) is 1.57. The van der Waals surface area contributed by atoms with E-state index in [1.54, 1.807) is 21.3 Å². The Balaban J connectivity index is 3.07. The van der Waals surface area contributed by atoms with Crippen molar-refractivity contribution in [2.45, 2.75) is 13.0 Å². The zero-order chi connectivity index (χ0) is 12.7. The lowest BCUT2D eigenvalue weighted by Crippen LogP contribution is -2.11. The fourth-order valence-electron chi connectivity index (χ4n) is 1.80. The van der Waals surface area contributed by atoms with Crippen molar-refractivity contribution >= 4 is 0 Å². The first-order valence-electron chi connectivity index (χ1n) is 5.64. The number of ether oxygens (including phenoxy) is 3. The van der Waals surface area contributed by atoms with E-state index in [0.717, 1.165) is 35.6 Å². The second-order valence-corrected chi connectivity index (χ2v) is 3.78. The summed E-state index contributed by atoms with van der Waals surface area (Å²) in [6.45, 7) is 1.48. The SMILES string of the molecule is CNCCc1cc(COC)cc(OC)c1OC. The van der Waals surface area contributed by atoms with Crippen LogP contribution in [0.3, 0.4) is 0 Å². The van der Waals surface area contributed by atoms with Gasteiger partial charge in [0.2, 0.25) is 0 Å². The molecule has 0 amide bonds. The van der Waals surface area contributed by atoms with Crippen LogP contribution in [-0.2, 0) is 17.8 Å². The van der Waals surface area contributed by atoms with Crippen LogP contribution in [0.25, 0.3) is 0 Å². The summed E-state index contributed by atoms with van der Waals surface area (Å²) < 4.78 is 15.9. The molecule has 96 valence electrons. The number of hydrogen-bond acceptors (Lipinski definition) is 4. The van der Waals surface area contributed by atoms with Gasteiger partial charge in [-0.1, -0.05) is 0 Å². The summed E-state index contributed by atoms with van der Waals surface area (Å²) >= 11 is 0. The van der Waals surface area contributed by atoms with Crippen molar-refractivity contribution in [1.82, 2.24) is 5.32 Å². The van der Waals surface area contributed by atoms with Gasteiger partial charge in [-0.3, -0.25) is 0 Å². The zero-order valence-electron chi connectivity index (χ0n) is 11.0. The lowest BCUT2D eigenvalue weighted by Gasteiger charge is -2.15. The standard InChI is InChI=1S/C13H21NO3/c1-14-6-5-11-7-10(9-15-2)8-12(16-3)13(11)17-4/h7-8,14H,5-6,9H2,1-4H3. The molecular formula is C13H21NO3. The number of benzene rings is 1. The van der Waals surface area contributed by atoms with E-state index in [1.165, 1.54) is 0 Å². The summed E-state index contributed by atoms with van der Waals surface area (Å²) in [5, 5.41) is 3.13. The number of likely N-dealkylation sites (N-methyl/N-ethyl adjacent to an activating group) is 1. The van der Waals surface area contributed by atoms with Crippen LogP contribution in [-0.4, -0.2) is 34.9 Å². The van der Waals surface area contributed by atoms with Crippen molar-refractivity contribution in [2.75, 3.05) is 34.9 Å². The van der Waals surface area contributed by atoms with Gasteiger partial charge in [0.15, 0.2) is 11.5 Å². The topological polar surface area (TPSA) is 39.7 Å². The van der Waals surface area contributed by atoms with Crippen LogP contribution < -0.4 is 14.8 Å². The molecular weight excluding hydrogens is 218 g/mol. The Labute approximate surface area is 103 Å². The molecule has 0 aromatic heterocycles. The monoisotopic (exact) mass is 239 g/mol. The van der Waals surface area contributed by atoms with E-state index in [-0.39, 0.29) is 0 Å². The van der Waals surface area contributed by atoms with E-state index < -0.39 is 0 Å². The predicted molar refractivity (Wildman–Crippen MR) is 67.9 cm³/mol. The Hall–Kier alpha value is -1.26. The maximum atomic E-state index is 5.40. The van der Waals surface area contributed by atoms with Gasteiger partial charge in [-0.25, -0.2) is 0 Å². The quantitative estimate of drug-likeness (QED) is 0.784. The van der Waals surface area contributed by atoms with E-state index >= 15 is 0 Å². The molecule has 0 aliphatic carbocycles. The van der Waals surface area contributed by atoms with Gasteiger partial charge >= 0.3 is 0 Å². The van der Waals surface area contributed by atoms with E-state index in [0.29, 0.717) is 6.61 Å². The number of methoxy groups -OCH3 is 3. The molecule has 0 bridgehead atoms. The summed E-state index contributed by atoms with van der Waals surface area (Å²) in [6.07, 6.45) is 0.896. The molecule has 17 heavy (non-hydrogen) atoms. The smallest absolute Gasteiger partial charge is 0.163 e. The normalized spacial score (nSPS) is 10.4. The molecule has 0 aliphatic rings. The van der Waals surface area contributed by atoms with Crippen molar-refractivity contribution in [3.8, 4) is 11.5 Å². The fraction of sp³-hybridized carbons (Fsp3) is 0.538. The summed E-state index contributed by atoms with van der Waals surface area (Å²) in [5.41, 5.74) is 2.23. The van der Waals surface area contributed by atoms with Gasteiger partial charge in [-0.15, -0.1) is 0 Å². The third-order valence-electron chi connectivity index (χ3n) is 2.57. The lowest BCUT2D eigenvalue weighted by atomic mass is 10.1. The summed E-state index contributed by atoms with van der Waals surface area (Å²) in [6, 6.07) is 4.05. The van der Waals surface area contributed by atoms with Crippen LogP contribution >= 0.6 is 0 Å². The minimum Gasteiger partial charge on any atom is -0.493 e. The average molecular weight is 239 g/mol. The van der Waals surface area contributed by atoms with Crippen LogP contribution in [0.15, 0.2) is 12.1 Å². The number of nitrogens with one attached hydrogen (secondary N) is 1.